The predicted molar refractivity (Wildman–Crippen MR) is 82.5 cm³/mol. The monoisotopic (exact) mass is 373 g/mol. The first-order valence-electron chi connectivity index (χ1n) is 6.79. The predicted octanol–water partition coefficient (Wildman–Crippen LogP) is 2.73. The zero-order valence-electron chi connectivity index (χ0n) is 12.5. The van der Waals surface area contributed by atoms with Crippen LogP contribution in [0.4, 0.5) is 19.1 Å². The summed E-state index contributed by atoms with van der Waals surface area (Å²) in [7, 11) is 0. The summed E-state index contributed by atoms with van der Waals surface area (Å²) in [5, 5.41) is -0.233. The molecule has 0 atom stereocenters. The van der Waals surface area contributed by atoms with Crippen molar-refractivity contribution in [3.63, 3.8) is 0 Å². The molecule has 0 saturated heterocycles. The number of hydrogen-bond acceptors (Lipinski definition) is 6. The first-order valence-corrected chi connectivity index (χ1v) is 7.17. The number of ether oxygens (including phenoxy) is 1. The van der Waals surface area contributed by atoms with Crippen LogP contribution in [0, 0.1) is 0 Å². The number of aldehydes is 1. The van der Waals surface area contributed by atoms with Crippen LogP contribution in [0.1, 0.15) is 21.5 Å². The number of carbonyl (C=O) groups is 2. The Labute approximate surface area is 144 Å². The van der Waals surface area contributed by atoms with Gasteiger partial charge in [-0.1, -0.05) is 29.8 Å². The van der Waals surface area contributed by atoms with Gasteiger partial charge in [-0.3, -0.25) is 9.59 Å². The van der Waals surface area contributed by atoms with E-state index in [1.165, 1.54) is 12.1 Å². The van der Waals surface area contributed by atoms with Crippen LogP contribution < -0.4 is 10.5 Å². The molecule has 0 spiro atoms. The number of nitrogens with two attached hydrogens (primary N) is 1. The fourth-order valence-electron chi connectivity index (χ4n) is 1.93. The van der Waals surface area contributed by atoms with Gasteiger partial charge in [-0.25, -0.2) is 4.98 Å². The second-order valence-corrected chi connectivity index (χ2v) is 5.27. The minimum atomic E-state index is -4.50. The van der Waals surface area contributed by atoms with Gasteiger partial charge in [-0.05, 0) is 11.6 Å². The molecular weight excluding hydrogens is 363 g/mol. The number of aromatic nitrogens is 2. The Morgan fingerprint density at radius 2 is 2.04 bits per heavy atom. The maximum atomic E-state index is 12.7. The Morgan fingerprint density at radius 1 is 1.32 bits per heavy atom. The number of hydrogen-bond donors (Lipinski definition) is 1. The second kappa shape index (κ2) is 7.47. The van der Waals surface area contributed by atoms with Crippen LogP contribution in [0.15, 0.2) is 24.3 Å². The minimum Gasteiger partial charge on any atom is -0.469 e. The molecule has 0 fully saturated rings. The standard InChI is InChI=1S/C15H11ClF3N3O3/c16-12-11(6-23)13(22-14(20)21-12)25-7-10(24)5-8-2-1-3-9(4-8)15(17,18)19/h1-4,6H,5,7H2,(H2,20,21,22). The summed E-state index contributed by atoms with van der Waals surface area (Å²) in [5.41, 5.74) is 4.53. The Hall–Kier alpha value is -2.68. The summed E-state index contributed by atoms with van der Waals surface area (Å²) in [6, 6.07) is 4.39. The molecule has 0 aliphatic heterocycles. The molecule has 0 bridgehead atoms. The molecule has 0 aliphatic rings. The van der Waals surface area contributed by atoms with E-state index in [0.717, 1.165) is 12.1 Å². The quantitative estimate of drug-likeness (QED) is 0.618. The first-order chi connectivity index (χ1) is 11.7. The van der Waals surface area contributed by atoms with Crippen molar-refractivity contribution in [1.29, 1.82) is 0 Å². The zero-order chi connectivity index (χ0) is 18.6. The largest absolute Gasteiger partial charge is 0.469 e. The third kappa shape index (κ3) is 4.90. The van der Waals surface area contributed by atoms with Crippen LogP contribution in [-0.4, -0.2) is 28.6 Å². The second-order valence-electron chi connectivity index (χ2n) is 4.91. The summed E-state index contributed by atoms with van der Waals surface area (Å²) in [4.78, 5) is 30.1. The van der Waals surface area contributed by atoms with Crippen molar-refractivity contribution in [2.45, 2.75) is 12.6 Å². The van der Waals surface area contributed by atoms with E-state index in [1.54, 1.807) is 0 Å². The van der Waals surface area contributed by atoms with E-state index in [4.69, 9.17) is 22.1 Å². The summed E-state index contributed by atoms with van der Waals surface area (Å²) < 4.78 is 43.1. The van der Waals surface area contributed by atoms with Gasteiger partial charge in [0.2, 0.25) is 11.8 Å². The van der Waals surface area contributed by atoms with Crippen molar-refractivity contribution in [3.05, 3.63) is 46.1 Å². The molecule has 2 N–H and O–H groups in total. The lowest BCUT2D eigenvalue weighted by Gasteiger charge is -2.10. The summed E-state index contributed by atoms with van der Waals surface area (Å²) in [6.45, 7) is -0.524. The Kier molecular flexibility index (Phi) is 5.58. The number of nitrogen functional groups attached to an aromatic ring is 1. The lowest BCUT2D eigenvalue weighted by Crippen LogP contribution is -2.16. The SMILES string of the molecule is Nc1nc(Cl)c(C=O)c(OCC(=O)Cc2cccc(C(F)(F)F)c2)n1. The molecule has 25 heavy (non-hydrogen) atoms. The van der Waals surface area contributed by atoms with Crippen LogP contribution in [0.5, 0.6) is 5.88 Å². The van der Waals surface area contributed by atoms with Gasteiger partial charge < -0.3 is 10.5 Å². The van der Waals surface area contributed by atoms with Gasteiger partial charge in [0.25, 0.3) is 0 Å². The Bertz CT molecular complexity index is 812. The molecule has 1 aromatic carbocycles. The van der Waals surface area contributed by atoms with Crippen molar-refractivity contribution in [2.24, 2.45) is 0 Å². The van der Waals surface area contributed by atoms with Gasteiger partial charge in [0.15, 0.2) is 12.1 Å². The number of nitrogens with zero attached hydrogens (tertiary/aromatic N) is 2. The van der Waals surface area contributed by atoms with E-state index >= 15 is 0 Å². The highest BCUT2D eigenvalue weighted by Gasteiger charge is 2.30. The van der Waals surface area contributed by atoms with Crippen molar-refractivity contribution < 1.29 is 27.5 Å². The highest BCUT2D eigenvalue weighted by molar-refractivity contribution is 6.32. The molecule has 0 aliphatic carbocycles. The third-order valence-corrected chi connectivity index (χ3v) is 3.31. The minimum absolute atomic E-state index is 0.178. The lowest BCUT2D eigenvalue weighted by molar-refractivity contribution is -0.137. The van der Waals surface area contributed by atoms with Gasteiger partial charge in [0, 0.05) is 6.42 Å². The molecule has 1 aromatic heterocycles. The van der Waals surface area contributed by atoms with Gasteiger partial charge >= 0.3 is 6.18 Å². The van der Waals surface area contributed by atoms with E-state index in [0.29, 0.717) is 6.29 Å². The van der Waals surface area contributed by atoms with Crippen molar-refractivity contribution in [2.75, 3.05) is 12.3 Å². The fourth-order valence-corrected chi connectivity index (χ4v) is 2.14. The number of benzene rings is 1. The van der Waals surface area contributed by atoms with Crippen LogP contribution in [0.2, 0.25) is 5.15 Å². The maximum absolute atomic E-state index is 12.7. The average Bonchev–Trinajstić information content (AvgIpc) is 2.52. The molecular formula is C15H11ClF3N3O3. The molecule has 2 aromatic rings. The molecule has 6 nitrogen and oxygen atoms in total. The van der Waals surface area contributed by atoms with E-state index < -0.39 is 24.1 Å². The number of ketones is 1. The van der Waals surface area contributed by atoms with Crippen molar-refractivity contribution in [3.8, 4) is 5.88 Å². The van der Waals surface area contributed by atoms with Crippen molar-refractivity contribution in [1.82, 2.24) is 9.97 Å². The first kappa shape index (κ1) is 18.7. The Morgan fingerprint density at radius 3 is 2.68 bits per heavy atom. The molecule has 0 amide bonds. The van der Waals surface area contributed by atoms with Gasteiger partial charge in [-0.15, -0.1) is 0 Å². The smallest absolute Gasteiger partial charge is 0.416 e. The molecule has 132 valence electrons. The number of alkyl halides is 3. The third-order valence-electron chi connectivity index (χ3n) is 3.02. The van der Waals surface area contributed by atoms with Crippen LogP contribution >= 0.6 is 11.6 Å². The molecule has 0 unspecified atom stereocenters. The van der Waals surface area contributed by atoms with Crippen LogP contribution in [0.25, 0.3) is 0 Å². The summed E-state index contributed by atoms with van der Waals surface area (Å²) in [5.74, 6) is -1.05. The summed E-state index contributed by atoms with van der Waals surface area (Å²) in [6.07, 6.45) is -4.44. The summed E-state index contributed by atoms with van der Waals surface area (Å²) >= 11 is 5.71. The molecule has 2 rings (SSSR count). The normalized spacial score (nSPS) is 11.2. The Balaban J connectivity index is 2.06. The van der Waals surface area contributed by atoms with Crippen molar-refractivity contribution >= 4 is 29.6 Å². The van der Waals surface area contributed by atoms with Gasteiger partial charge in [-0.2, -0.15) is 18.2 Å². The zero-order valence-corrected chi connectivity index (χ0v) is 13.3. The number of anilines is 1. The molecule has 10 heteroatoms. The van der Waals surface area contributed by atoms with Crippen LogP contribution in [-0.2, 0) is 17.4 Å². The highest BCUT2D eigenvalue weighted by atomic mass is 35.5. The number of Topliss-reactive ketones (excluding diaryl/α,β-unsaturated/α-hetero) is 1. The molecule has 1 heterocycles. The fraction of sp³-hybridized carbons (Fsp3) is 0.200. The topological polar surface area (TPSA) is 95.2 Å². The average molecular weight is 374 g/mol. The number of rotatable bonds is 6. The maximum Gasteiger partial charge on any atom is 0.416 e. The van der Waals surface area contributed by atoms with E-state index in [2.05, 4.69) is 9.97 Å². The number of halogens is 4. The molecule has 0 radical (unpaired) electrons. The number of carbonyl (C=O) groups excluding carboxylic acids is 2. The lowest BCUT2D eigenvalue weighted by atomic mass is 10.1. The molecule has 0 saturated carbocycles. The van der Waals surface area contributed by atoms with Crippen LogP contribution in [0.3, 0.4) is 0 Å². The van der Waals surface area contributed by atoms with Gasteiger partial charge in [0.1, 0.15) is 17.3 Å². The van der Waals surface area contributed by atoms with E-state index in [9.17, 15) is 22.8 Å². The van der Waals surface area contributed by atoms with E-state index in [-0.39, 0.29) is 34.5 Å². The van der Waals surface area contributed by atoms with E-state index in [1.807, 2.05) is 0 Å². The highest BCUT2D eigenvalue weighted by Crippen LogP contribution is 2.29. The van der Waals surface area contributed by atoms with Gasteiger partial charge in [0.05, 0.1) is 5.56 Å².